The smallest absolute Gasteiger partial charge is 0.416 e. The maximum Gasteiger partial charge on any atom is 0.416 e. The summed E-state index contributed by atoms with van der Waals surface area (Å²) < 4.78 is 48.9. The van der Waals surface area contributed by atoms with E-state index in [4.69, 9.17) is 9.47 Å². The fraction of sp³-hybridized carbons (Fsp3) is 0.348. The molecular weight excluding hydrogens is 407 g/mol. The number of nitrogens with zero attached hydrogens (tertiary/aromatic N) is 2. The first kappa shape index (κ1) is 23.9. The van der Waals surface area contributed by atoms with E-state index in [1.807, 2.05) is 30.1 Å². The second-order valence-electron chi connectivity index (χ2n) is 6.64. The van der Waals surface area contributed by atoms with E-state index in [-0.39, 0.29) is 6.54 Å². The molecule has 31 heavy (non-hydrogen) atoms. The van der Waals surface area contributed by atoms with Gasteiger partial charge in [-0.3, -0.25) is 4.99 Å². The van der Waals surface area contributed by atoms with Crippen LogP contribution in [0.4, 0.5) is 13.2 Å². The molecule has 0 aliphatic heterocycles. The van der Waals surface area contributed by atoms with Crippen LogP contribution in [0.25, 0.3) is 0 Å². The highest BCUT2D eigenvalue weighted by Crippen LogP contribution is 2.29. The maximum atomic E-state index is 12.8. The topological polar surface area (TPSA) is 46.1 Å². The lowest BCUT2D eigenvalue weighted by atomic mass is 10.1. The van der Waals surface area contributed by atoms with Gasteiger partial charge in [0, 0.05) is 26.2 Å². The van der Waals surface area contributed by atoms with E-state index < -0.39 is 11.7 Å². The number of guanidine groups is 1. The van der Waals surface area contributed by atoms with Crippen LogP contribution in [0.5, 0.6) is 11.5 Å². The van der Waals surface area contributed by atoms with Gasteiger partial charge in [0.1, 0.15) is 0 Å². The Bertz CT molecular complexity index is 963. The summed E-state index contributed by atoms with van der Waals surface area (Å²) in [5.41, 5.74) is 0.690. The Morgan fingerprint density at radius 3 is 2.48 bits per heavy atom. The molecule has 0 atom stereocenters. The Balaban J connectivity index is 1.91. The van der Waals surface area contributed by atoms with Crippen LogP contribution in [-0.4, -0.2) is 52.3 Å². The number of rotatable bonds is 6. The summed E-state index contributed by atoms with van der Waals surface area (Å²) in [6, 6.07) is 10.7. The van der Waals surface area contributed by atoms with Crippen LogP contribution >= 0.6 is 0 Å². The van der Waals surface area contributed by atoms with E-state index in [9.17, 15) is 13.2 Å². The zero-order valence-corrected chi connectivity index (χ0v) is 18.0. The summed E-state index contributed by atoms with van der Waals surface area (Å²) in [4.78, 5) is 6.17. The van der Waals surface area contributed by atoms with E-state index in [0.29, 0.717) is 29.6 Å². The Kier molecular flexibility index (Phi) is 8.62. The number of likely N-dealkylation sites (N-methyl/N-ethyl adjacent to an activating group) is 1. The number of ether oxygens (including phenoxy) is 2. The first-order valence-corrected chi connectivity index (χ1v) is 9.57. The largest absolute Gasteiger partial charge is 0.493 e. The van der Waals surface area contributed by atoms with Crippen LogP contribution in [0, 0.1) is 11.8 Å². The SMILES string of the molecule is CN=C(NCC#Cc1cccc(C(F)(F)F)c1)N(C)CCc1ccc(OC)c(OC)c1. The van der Waals surface area contributed by atoms with Gasteiger partial charge in [0.25, 0.3) is 0 Å². The van der Waals surface area contributed by atoms with Crippen LogP contribution in [-0.2, 0) is 12.6 Å². The van der Waals surface area contributed by atoms with Crippen molar-refractivity contribution in [1.82, 2.24) is 10.2 Å². The number of hydrogen-bond donors (Lipinski definition) is 1. The molecule has 2 aromatic rings. The average molecular weight is 433 g/mol. The lowest BCUT2D eigenvalue weighted by molar-refractivity contribution is -0.137. The van der Waals surface area contributed by atoms with E-state index >= 15 is 0 Å². The Morgan fingerprint density at radius 2 is 1.84 bits per heavy atom. The molecular formula is C23H26F3N3O2. The number of halogens is 3. The van der Waals surface area contributed by atoms with Gasteiger partial charge in [-0.15, -0.1) is 0 Å². The second kappa shape index (κ2) is 11.2. The summed E-state index contributed by atoms with van der Waals surface area (Å²) in [5, 5.41) is 3.10. The molecule has 0 aromatic heterocycles. The maximum absolute atomic E-state index is 12.8. The van der Waals surface area contributed by atoms with Crippen molar-refractivity contribution in [3.05, 3.63) is 59.2 Å². The third-order valence-corrected chi connectivity index (χ3v) is 4.51. The first-order valence-electron chi connectivity index (χ1n) is 9.57. The molecule has 0 saturated heterocycles. The third kappa shape index (κ3) is 7.14. The van der Waals surface area contributed by atoms with Crippen molar-refractivity contribution in [3.63, 3.8) is 0 Å². The molecule has 0 saturated carbocycles. The van der Waals surface area contributed by atoms with Crippen molar-refractivity contribution in [1.29, 1.82) is 0 Å². The summed E-state index contributed by atoms with van der Waals surface area (Å²) in [5.74, 6) is 7.57. The van der Waals surface area contributed by atoms with E-state index in [1.54, 1.807) is 27.3 Å². The number of nitrogens with one attached hydrogen (secondary N) is 1. The predicted molar refractivity (Wildman–Crippen MR) is 116 cm³/mol. The van der Waals surface area contributed by atoms with Crippen LogP contribution in [0.3, 0.4) is 0 Å². The minimum atomic E-state index is -4.38. The van der Waals surface area contributed by atoms with Crippen LogP contribution in [0.1, 0.15) is 16.7 Å². The molecule has 0 heterocycles. The normalized spacial score (nSPS) is 11.4. The van der Waals surface area contributed by atoms with E-state index in [1.165, 1.54) is 6.07 Å². The number of aliphatic imine (C=N–C) groups is 1. The molecule has 0 aliphatic carbocycles. The average Bonchev–Trinajstić information content (AvgIpc) is 2.76. The highest BCUT2D eigenvalue weighted by molar-refractivity contribution is 5.79. The third-order valence-electron chi connectivity index (χ3n) is 4.51. The van der Waals surface area contributed by atoms with Gasteiger partial charge < -0.3 is 19.7 Å². The minimum Gasteiger partial charge on any atom is -0.493 e. The molecule has 1 N–H and O–H groups in total. The monoisotopic (exact) mass is 433 g/mol. The fourth-order valence-electron chi connectivity index (χ4n) is 2.87. The summed E-state index contributed by atoms with van der Waals surface area (Å²) in [6.45, 7) is 0.944. The van der Waals surface area contributed by atoms with Crippen LogP contribution in [0.15, 0.2) is 47.5 Å². The number of methoxy groups -OCH3 is 2. The Labute approximate surface area is 180 Å². The van der Waals surface area contributed by atoms with Gasteiger partial charge in [0.2, 0.25) is 0 Å². The van der Waals surface area contributed by atoms with Crippen molar-refractivity contribution in [2.75, 3.05) is 41.4 Å². The van der Waals surface area contributed by atoms with Gasteiger partial charge in [-0.2, -0.15) is 13.2 Å². The molecule has 0 bridgehead atoms. The summed E-state index contributed by atoms with van der Waals surface area (Å²) >= 11 is 0. The molecule has 0 radical (unpaired) electrons. The van der Waals surface area contributed by atoms with Crippen LogP contribution in [0.2, 0.25) is 0 Å². The summed E-state index contributed by atoms with van der Waals surface area (Å²) in [7, 11) is 6.75. The van der Waals surface area contributed by atoms with Crippen molar-refractivity contribution >= 4 is 5.96 Å². The molecule has 2 rings (SSSR count). The molecule has 0 aliphatic rings. The van der Waals surface area contributed by atoms with Gasteiger partial charge in [0.05, 0.1) is 26.3 Å². The van der Waals surface area contributed by atoms with Gasteiger partial charge in [-0.05, 0) is 42.3 Å². The molecule has 166 valence electrons. The predicted octanol–water partition coefficient (Wildman–Crippen LogP) is 3.82. The molecule has 8 heteroatoms. The zero-order chi connectivity index (χ0) is 22.9. The second-order valence-corrected chi connectivity index (χ2v) is 6.64. The highest BCUT2D eigenvalue weighted by atomic mass is 19.4. The van der Waals surface area contributed by atoms with Crippen molar-refractivity contribution in [2.45, 2.75) is 12.6 Å². The van der Waals surface area contributed by atoms with E-state index in [2.05, 4.69) is 22.2 Å². The quantitative estimate of drug-likeness (QED) is 0.427. The Hall–Kier alpha value is -3.34. The number of hydrogen-bond acceptors (Lipinski definition) is 3. The fourth-order valence-corrected chi connectivity index (χ4v) is 2.87. The molecule has 2 aromatic carbocycles. The van der Waals surface area contributed by atoms with Gasteiger partial charge >= 0.3 is 6.18 Å². The molecule has 0 unspecified atom stereocenters. The zero-order valence-electron chi connectivity index (χ0n) is 18.0. The van der Waals surface area contributed by atoms with Crippen molar-refractivity contribution < 1.29 is 22.6 Å². The minimum absolute atomic E-state index is 0.254. The first-order chi connectivity index (χ1) is 14.8. The van der Waals surface area contributed by atoms with E-state index in [0.717, 1.165) is 24.1 Å². The van der Waals surface area contributed by atoms with Gasteiger partial charge in [0.15, 0.2) is 17.5 Å². The lowest BCUT2D eigenvalue weighted by Crippen LogP contribution is -2.40. The van der Waals surface area contributed by atoms with Crippen molar-refractivity contribution in [2.24, 2.45) is 4.99 Å². The molecule has 0 spiro atoms. The van der Waals surface area contributed by atoms with Gasteiger partial charge in [-0.25, -0.2) is 0 Å². The summed E-state index contributed by atoms with van der Waals surface area (Å²) in [6.07, 6.45) is -3.62. The number of alkyl halides is 3. The lowest BCUT2D eigenvalue weighted by Gasteiger charge is -2.21. The highest BCUT2D eigenvalue weighted by Gasteiger charge is 2.30. The van der Waals surface area contributed by atoms with Crippen LogP contribution < -0.4 is 14.8 Å². The molecule has 0 fully saturated rings. The number of benzene rings is 2. The standard InChI is InChI=1S/C23H26F3N3O2/c1-27-22(28-13-6-8-17-7-5-9-19(15-17)23(24,25)26)29(2)14-12-18-10-11-20(30-3)21(16-18)31-4/h5,7,9-11,15-16H,12-14H2,1-4H3,(H,27,28). The molecule has 5 nitrogen and oxygen atoms in total. The Morgan fingerprint density at radius 1 is 1.10 bits per heavy atom. The van der Waals surface area contributed by atoms with Gasteiger partial charge in [-0.1, -0.05) is 24.0 Å². The van der Waals surface area contributed by atoms with Crippen molar-refractivity contribution in [3.8, 4) is 23.3 Å². The molecule has 0 amide bonds.